The number of hydrogen-bond acceptors (Lipinski definition) is 6. The SMILES string of the molecule is Cn1c(Nc2ccc(I)cc2F)c(NS(=O)(=O)C2(C[C@@H](O)CO)CC2)cc(F)c1=O. The molecule has 0 radical (unpaired) electrons. The first-order valence-corrected chi connectivity index (χ1v) is 11.5. The third kappa shape index (κ3) is 4.45. The smallest absolute Gasteiger partial charge is 0.287 e. The van der Waals surface area contributed by atoms with Crippen LogP contribution in [0.5, 0.6) is 0 Å². The number of hydrogen-bond donors (Lipinski definition) is 4. The zero-order valence-electron chi connectivity index (χ0n) is 15.8. The molecule has 1 aromatic carbocycles. The molecule has 4 N–H and O–H groups in total. The quantitative estimate of drug-likeness (QED) is 0.370. The van der Waals surface area contributed by atoms with Crippen molar-refractivity contribution in [3.63, 3.8) is 0 Å². The molecule has 0 saturated heterocycles. The molecule has 0 unspecified atom stereocenters. The summed E-state index contributed by atoms with van der Waals surface area (Å²) in [6, 6.07) is 4.98. The summed E-state index contributed by atoms with van der Waals surface area (Å²) in [5, 5.41) is 21.4. The van der Waals surface area contributed by atoms with Crippen molar-refractivity contribution >= 4 is 49.8 Å². The van der Waals surface area contributed by atoms with E-state index in [0.29, 0.717) is 3.57 Å². The van der Waals surface area contributed by atoms with Gasteiger partial charge in [-0.1, -0.05) is 0 Å². The predicted octanol–water partition coefficient (Wildman–Crippen LogP) is 2.03. The molecule has 1 aliphatic carbocycles. The van der Waals surface area contributed by atoms with Gasteiger partial charge in [0.25, 0.3) is 5.56 Å². The van der Waals surface area contributed by atoms with Crippen LogP contribution in [0.1, 0.15) is 19.3 Å². The normalized spacial score (nSPS) is 16.2. The summed E-state index contributed by atoms with van der Waals surface area (Å²) < 4.78 is 56.7. The second-order valence-electron chi connectivity index (χ2n) is 7.20. The van der Waals surface area contributed by atoms with Crippen LogP contribution < -0.4 is 15.6 Å². The lowest BCUT2D eigenvalue weighted by Crippen LogP contribution is -2.35. The maximum atomic E-state index is 14.3. The average molecular weight is 555 g/mol. The van der Waals surface area contributed by atoms with E-state index in [2.05, 4.69) is 10.0 Å². The van der Waals surface area contributed by atoms with Gasteiger partial charge in [0.1, 0.15) is 11.6 Å². The molecule has 0 amide bonds. The Bertz CT molecular complexity index is 1140. The van der Waals surface area contributed by atoms with Crippen LogP contribution >= 0.6 is 22.6 Å². The molecule has 1 aromatic heterocycles. The molecule has 0 spiro atoms. The lowest BCUT2D eigenvalue weighted by atomic mass is 10.2. The molecule has 164 valence electrons. The van der Waals surface area contributed by atoms with Crippen LogP contribution in [0.2, 0.25) is 0 Å². The fraction of sp³-hybridized carbons (Fsp3) is 0.389. The number of aliphatic hydroxyl groups is 2. The van der Waals surface area contributed by atoms with Crippen LogP contribution in [-0.2, 0) is 17.1 Å². The van der Waals surface area contributed by atoms with Crippen molar-refractivity contribution in [3.8, 4) is 0 Å². The lowest BCUT2D eigenvalue weighted by molar-refractivity contribution is 0.0858. The summed E-state index contributed by atoms with van der Waals surface area (Å²) in [4.78, 5) is 12.0. The zero-order chi connectivity index (χ0) is 22.3. The van der Waals surface area contributed by atoms with Gasteiger partial charge in [-0.3, -0.25) is 14.1 Å². The molecular weight excluding hydrogens is 535 g/mol. The molecule has 30 heavy (non-hydrogen) atoms. The highest BCUT2D eigenvalue weighted by atomic mass is 127. The Kier molecular flexibility index (Phi) is 6.41. The molecule has 2 aromatic rings. The summed E-state index contributed by atoms with van der Waals surface area (Å²) >= 11 is 1.92. The Morgan fingerprint density at radius 2 is 1.90 bits per heavy atom. The van der Waals surface area contributed by atoms with Crippen LogP contribution in [0.4, 0.5) is 26.0 Å². The van der Waals surface area contributed by atoms with Crippen molar-refractivity contribution in [1.82, 2.24) is 4.57 Å². The second kappa shape index (κ2) is 8.40. The Balaban J connectivity index is 2.01. The Morgan fingerprint density at radius 1 is 1.23 bits per heavy atom. The average Bonchev–Trinajstić information content (AvgIpc) is 3.45. The zero-order valence-corrected chi connectivity index (χ0v) is 18.8. The van der Waals surface area contributed by atoms with Crippen LogP contribution in [0.3, 0.4) is 0 Å². The number of pyridine rings is 1. The van der Waals surface area contributed by atoms with Crippen molar-refractivity contribution < 1.29 is 27.4 Å². The Hall–Kier alpha value is -1.77. The van der Waals surface area contributed by atoms with Crippen LogP contribution in [-0.4, -0.2) is 40.7 Å². The van der Waals surface area contributed by atoms with Crippen LogP contribution in [0.25, 0.3) is 0 Å². The maximum absolute atomic E-state index is 14.3. The highest BCUT2D eigenvalue weighted by molar-refractivity contribution is 14.1. The number of nitrogens with zero attached hydrogens (tertiary/aromatic N) is 1. The molecule has 3 rings (SSSR count). The van der Waals surface area contributed by atoms with Crippen molar-refractivity contribution in [2.24, 2.45) is 7.05 Å². The molecule has 1 saturated carbocycles. The molecular formula is C18H20F2IN3O5S. The number of nitrogens with one attached hydrogen (secondary N) is 2. The first kappa shape index (κ1) is 22.9. The van der Waals surface area contributed by atoms with Crippen molar-refractivity contribution in [2.45, 2.75) is 30.1 Å². The predicted molar refractivity (Wildman–Crippen MR) is 116 cm³/mol. The third-order valence-corrected chi connectivity index (χ3v) is 7.87. The minimum Gasteiger partial charge on any atom is -0.394 e. The molecule has 1 heterocycles. The number of benzene rings is 1. The van der Waals surface area contributed by atoms with Crippen molar-refractivity contribution in [2.75, 3.05) is 16.6 Å². The van der Waals surface area contributed by atoms with Gasteiger partial charge in [-0.2, -0.15) is 0 Å². The van der Waals surface area contributed by atoms with Crippen molar-refractivity contribution in [3.05, 3.63) is 49.8 Å². The number of sulfonamides is 1. The van der Waals surface area contributed by atoms with Gasteiger partial charge in [-0.05, 0) is 60.1 Å². The minimum absolute atomic E-state index is 0.0330. The fourth-order valence-electron chi connectivity index (χ4n) is 3.12. The molecule has 1 aliphatic rings. The van der Waals surface area contributed by atoms with Gasteiger partial charge in [-0.25, -0.2) is 17.2 Å². The van der Waals surface area contributed by atoms with Gasteiger partial charge in [-0.15, -0.1) is 0 Å². The Morgan fingerprint density at radius 3 is 2.47 bits per heavy atom. The van der Waals surface area contributed by atoms with E-state index in [1.165, 1.54) is 19.2 Å². The first-order valence-electron chi connectivity index (χ1n) is 8.92. The van der Waals surface area contributed by atoms with Gasteiger partial charge in [0.15, 0.2) is 5.82 Å². The van der Waals surface area contributed by atoms with Gasteiger partial charge < -0.3 is 15.5 Å². The second-order valence-corrected chi connectivity index (χ2v) is 10.5. The van der Waals surface area contributed by atoms with Gasteiger partial charge >= 0.3 is 0 Å². The molecule has 0 bridgehead atoms. The minimum atomic E-state index is -4.12. The largest absolute Gasteiger partial charge is 0.394 e. The molecule has 0 aliphatic heterocycles. The lowest BCUT2D eigenvalue weighted by Gasteiger charge is -2.22. The topological polar surface area (TPSA) is 121 Å². The first-order chi connectivity index (χ1) is 14.0. The molecule has 1 atom stereocenters. The van der Waals surface area contributed by atoms with E-state index in [1.807, 2.05) is 22.6 Å². The molecule has 12 heteroatoms. The highest BCUT2D eigenvalue weighted by Crippen LogP contribution is 2.48. The van der Waals surface area contributed by atoms with E-state index in [-0.39, 0.29) is 36.5 Å². The number of halogens is 3. The summed E-state index contributed by atoms with van der Waals surface area (Å²) in [5.74, 6) is -1.98. The Labute approximate surface area is 185 Å². The third-order valence-electron chi connectivity index (χ3n) is 5.00. The van der Waals surface area contributed by atoms with E-state index in [9.17, 15) is 27.1 Å². The van der Waals surface area contributed by atoms with E-state index >= 15 is 0 Å². The highest BCUT2D eigenvalue weighted by Gasteiger charge is 2.55. The number of aliphatic hydroxyl groups excluding tert-OH is 2. The van der Waals surface area contributed by atoms with E-state index in [1.54, 1.807) is 6.07 Å². The number of anilines is 3. The summed E-state index contributed by atoms with van der Waals surface area (Å²) in [6.45, 7) is -0.593. The molecule has 8 nitrogen and oxygen atoms in total. The van der Waals surface area contributed by atoms with Crippen molar-refractivity contribution in [1.29, 1.82) is 0 Å². The number of rotatable bonds is 8. The van der Waals surface area contributed by atoms with Crippen LogP contribution in [0.15, 0.2) is 29.1 Å². The monoisotopic (exact) mass is 555 g/mol. The summed E-state index contributed by atoms with van der Waals surface area (Å²) in [5.41, 5.74) is -1.34. The summed E-state index contributed by atoms with van der Waals surface area (Å²) in [6.07, 6.45) is -0.911. The van der Waals surface area contributed by atoms with Gasteiger partial charge in [0.05, 0.1) is 28.8 Å². The van der Waals surface area contributed by atoms with Gasteiger partial charge in [0.2, 0.25) is 10.0 Å². The maximum Gasteiger partial charge on any atom is 0.287 e. The fourth-order valence-corrected chi connectivity index (χ4v) is 5.28. The molecule has 1 fully saturated rings. The summed E-state index contributed by atoms with van der Waals surface area (Å²) in [7, 11) is -2.90. The van der Waals surface area contributed by atoms with Gasteiger partial charge in [0, 0.05) is 16.7 Å². The number of aromatic nitrogens is 1. The van der Waals surface area contributed by atoms with E-state index < -0.39 is 44.7 Å². The van der Waals surface area contributed by atoms with Crippen LogP contribution in [0, 0.1) is 15.2 Å². The standard InChI is InChI=1S/C18H20F2IN3O5S/c1-24-16(22-14-3-2-10(21)6-12(14)19)15(7-13(20)17(24)27)23-30(28,29)18(4-5-18)8-11(26)9-25/h2-3,6-7,11,22-23,25-26H,4-5,8-9H2,1H3/t11-/m1/s1. The van der Waals surface area contributed by atoms with E-state index in [4.69, 9.17) is 5.11 Å². The van der Waals surface area contributed by atoms with E-state index in [0.717, 1.165) is 10.6 Å².